The van der Waals surface area contributed by atoms with E-state index in [1.165, 1.54) is 6.08 Å². The van der Waals surface area contributed by atoms with Crippen LogP contribution < -0.4 is 15.4 Å². The number of anilines is 1. The van der Waals surface area contributed by atoms with Gasteiger partial charge in [-0.2, -0.15) is 0 Å². The van der Waals surface area contributed by atoms with Crippen molar-refractivity contribution in [3.05, 3.63) is 63.5 Å². The van der Waals surface area contributed by atoms with E-state index in [9.17, 15) is 14.4 Å². The molecule has 0 saturated carbocycles. The van der Waals surface area contributed by atoms with Crippen molar-refractivity contribution < 1.29 is 19.1 Å². The SMILES string of the molecule is Cc1ccccc1NC(=O)COc1ccc(Cl)cc1/C=C1\SC(=O)NC1=O. The van der Waals surface area contributed by atoms with Gasteiger partial charge in [0.1, 0.15) is 5.75 Å². The van der Waals surface area contributed by atoms with Gasteiger partial charge in [-0.1, -0.05) is 29.8 Å². The number of thioether (sulfide) groups is 1. The van der Waals surface area contributed by atoms with Crippen LogP contribution in [0, 0.1) is 6.92 Å². The maximum atomic E-state index is 12.2. The molecule has 0 aliphatic carbocycles. The molecule has 1 saturated heterocycles. The van der Waals surface area contributed by atoms with Crippen molar-refractivity contribution in [1.82, 2.24) is 5.32 Å². The number of ether oxygens (including phenoxy) is 1. The van der Waals surface area contributed by atoms with Crippen molar-refractivity contribution in [1.29, 1.82) is 0 Å². The lowest BCUT2D eigenvalue weighted by Crippen LogP contribution is -2.21. The molecule has 0 bridgehead atoms. The van der Waals surface area contributed by atoms with Crippen molar-refractivity contribution in [3.63, 3.8) is 0 Å². The standard InChI is InChI=1S/C19H15ClN2O4S/c1-11-4-2-3-5-14(11)21-17(23)10-26-15-7-6-13(20)8-12(15)9-16-18(24)22-19(25)27-16/h2-9H,10H2,1H3,(H,21,23)(H,22,24,25)/b16-9-. The second kappa shape index (κ2) is 8.28. The predicted molar refractivity (Wildman–Crippen MR) is 106 cm³/mol. The number of amides is 3. The van der Waals surface area contributed by atoms with Crippen LogP contribution in [0.4, 0.5) is 10.5 Å². The van der Waals surface area contributed by atoms with E-state index in [4.69, 9.17) is 16.3 Å². The van der Waals surface area contributed by atoms with Crippen LogP contribution in [0.2, 0.25) is 5.02 Å². The average Bonchev–Trinajstić information content (AvgIpc) is 2.93. The third kappa shape index (κ3) is 4.90. The smallest absolute Gasteiger partial charge is 0.290 e. The van der Waals surface area contributed by atoms with Gasteiger partial charge in [0.25, 0.3) is 17.1 Å². The molecule has 3 amide bonds. The normalized spacial score (nSPS) is 15.0. The van der Waals surface area contributed by atoms with Crippen molar-refractivity contribution >= 4 is 52.2 Å². The molecule has 6 nitrogen and oxygen atoms in total. The van der Waals surface area contributed by atoms with Gasteiger partial charge in [0.15, 0.2) is 6.61 Å². The summed E-state index contributed by atoms with van der Waals surface area (Å²) < 4.78 is 5.60. The highest BCUT2D eigenvalue weighted by Crippen LogP contribution is 2.30. The molecule has 138 valence electrons. The van der Waals surface area contributed by atoms with Crippen LogP contribution >= 0.6 is 23.4 Å². The third-order valence-electron chi connectivity index (χ3n) is 3.68. The van der Waals surface area contributed by atoms with Gasteiger partial charge in [-0.25, -0.2) is 0 Å². The van der Waals surface area contributed by atoms with Gasteiger partial charge in [0.05, 0.1) is 4.91 Å². The Morgan fingerprint density at radius 2 is 2.04 bits per heavy atom. The molecule has 1 aliphatic heterocycles. The molecule has 2 N–H and O–H groups in total. The van der Waals surface area contributed by atoms with Gasteiger partial charge in [0, 0.05) is 16.3 Å². The number of carbonyl (C=O) groups is 3. The van der Waals surface area contributed by atoms with E-state index in [2.05, 4.69) is 10.6 Å². The average molecular weight is 403 g/mol. The summed E-state index contributed by atoms with van der Waals surface area (Å²) in [5.74, 6) is -0.422. The van der Waals surface area contributed by atoms with E-state index in [1.54, 1.807) is 24.3 Å². The number of imide groups is 1. The van der Waals surface area contributed by atoms with Crippen LogP contribution in [0.1, 0.15) is 11.1 Å². The zero-order chi connectivity index (χ0) is 19.4. The molecule has 0 atom stereocenters. The van der Waals surface area contributed by atoms with E-state index >= 15 is 0 Å². The van der Waals surface area contributed by atoms with Gasteiger partial charge in [0.2, 0.25) is 0 Å². The Morgan fingerprint density at radius 1 is 1.26 bits per heavy atom. The fourth-order valence-corrected chi connectivity index (χ4v) is 3.22. The summed E-state index contributed by atoms with van der Waals surface area (Å²) in [5, 5.41) is 4.96. The molecule has 27 heavy (non-hydrogen) atoms. The summed E-state index contributed by atoms with van der Waals surface area (Å²) in [6, 6.07) is 12.2. The van der Waals surface area contributed by atoms with Gasteiger partial charge >= 0.3 is 0 Å². The van der Waals surface area contributed by atoms with Gasteiger partial charge < -0.3 is 10.1 Å². The van der Waals surface area contributed by atoms with Crippen molar-refractivity contribution in [2.45, 2.75) is 6.92 Å². The molecular formula is C19H15ClN2O4S. The Labute approximate surface area is 164 Å². The van der Waals surface area contributed by atoms with Crippen molar-refractivity contribution in [2.24, 2.45) is 0 Å². The number of para-hydroxylation sites is 1. The van der Waals surface area contributed by atoms with Gasteiger partial charge in [-0.3, -0.25) is 19.7 Å². The number of halogens is 1. The first-order chi connectivity index (χ1) is 12.9. The van der Waals surface area contributed by atoms with E-state index < -0.39 is 11.1 Å². The number of carbonyl (C=O) groups excluding carboxylic acids is 3. The quantitative estimate of drug-likeness (QED) is 0.739. The number of rotatable bonds is 5. The Morgan fingerprint density at radius 3 is 2.74 bits per heavy atom. The second-order valence-electron chi connectivity index (χ2n) is 5.69. The maximum absolute atomic E-state index is 12.2. The summed E-state index contributed by atoms with van der Waals surface area (Å²) in [6.45, 7) is 1.68. The van der Waals surface area contributed by atoms with Crippen molar-refractivity contribution in [3.8, 4) is 5.75 Å². The van der Waals surface area contributed by atoms with Gasteiger partial charge in [-0.05, 0) is 54.6 Å². The van der Waals surface area contributed by atoms with Crippen LogP contribution in [0.15, 0.2) is 47.4 Å². The molecule has 8 heteroatoms. The molecule has 1 aliphatic rings. The first-order valence-electron chi connectivity index (χ1n) is 7.95. The molecule has 2 aromatic carbocycles. The second-order valence-corrected chi connectivity index (χ2v) is 7.14. The maximum Gasteiger partial charge on any atom is 0.290 e. The minimum Gasteiger partial charge on any atom is -0.483 e. The Hall–Kier alpha value is -2.77. The Kier molecular flexibility index (Phi) is 5.83. The summed E-state index contributed by atoms with van der Waals surface area (Å²) in [7, 11) is 0. The Bertz CT molecular complexity index is 958. The highest BCUT2D eigenvalue weighted by atomic mass is 35.5. The van der Waals surface area contributed by atoms with Crippen LogP contribution in [0.25, 0.3) is 6.08 Å². The minimum absolute atomic E-state index is 0.218. The van der Waals surface area contributed by atoms with E-state index in [-0.39, 0.29) is 17.4 Å². The monoisotopic (exact) mass is 402 g/mol. The number of benzene rings is 2. The van der Waals surface area contributed by atoms with E-state index in [0.717, 1.165) is 17.3 Å². The molecule has 1 fully saturated rings. The fraction of sp³-hybridized carbons (Fsp3) is 0.105. The number of hydrogen-bond acceptors (Lipinski definition) is 5. The molecule has 0 unspecified atom stereocenters. The highest BCUT2D eigenvalue weighted by Gasteiger charge is 2.25. The predicted octanol–water partition coefficient (Wildman–Crippen LogP) is 3.99. The van der Waals surface area contributed by atoms with Crippen LogP contribution in [-0.4, -0.2) is 23.7 Å². The van der Waals surface area contributed by atoms with Crippen LogP contribution in [-0.2, 0) is 9.59 Å². The number of nitrogens with one attached hydrogen (secondary N) is 2. The summed E-state index contributed by atoms with van der Waals surface area (Å²) in [5.41, 5.74) is 2.15. The van der Waals surface area contributed by atoms with E-state index in [1.807, 2.05) is 25.1 Å². The first kappa shape index (κ1) is 19.0. The van der Waals surface area contributed by atoms with Crippen molar-refractivity contribution in [2.75, 3.05) is 11.9 Å². The topological polar surface area (TPSA) is 84.5 Å². The zero-order valence-electron chi connectivity index (χ0n) is 14.2. The zero-order valence-corrected chi connectivity index (χ0v) is 15.8. The lowest BCUT2D eigenvalue weighted by molar-refractivity contribution is -0.118. The lowest BCUT2D eigenvalue weighted by Gasteiger charge is -2.11. The molecule has 0 radical (unpaired) electrons. The Balaban J connectivity index is 1.73. The highest BCUT2D eigenvalue weighted by molar-refractivity contribution is 8.18. The first-order valence-corrected chi connectivity index (χ1v) is 9.14. The van der Waals surface area contributed by atoms with Crippen LogP contribution in [0.3, 0.4) is 0 Å². The summed E-state index contributed by atoms with van der Waals surface area (Å²) in [4.78, 5) is 35.4. The third-order valence-corrected chi connectivity index (χ3v) is 4.72. The minimum atomic E-state index is -0.478. The number of aryl methyl sites for hydroxylation is 1. The molecular weight excluding hydrogens is 388 g/mol. The molecule has 1 heterocycles. The number of hydrogen-bond donors (Lipinski definition) is 2. The largest absolute Gasteiger partial charge is 0.483 e. The molecule has 0 aromatic heterocycles. The molecule has 0 spiro atoms. The van der Waals surface area contributed by atoms with Crippen LogP contribution in [0.5, 0.6) is 5.75 Å². The summed E-state index contributed by atoms with van der Waals surface area (Å²) in [6.07, 6.45) is 1.51. The summed E-state index contributed by atoms with van der Waals surface area (Å²) >= 11 is 6.81. The van der Waals surface area contributed by atoms with Gasteiger partial charge in [-0.15, -0.1) is 0 Å². The van der Waals surface area contributed by atoms with E-state index in [0.29, 0.717) is 22.0 Å². The lowest BCUT2D eigenvalue weighted by atomic mass is 10.2. The molecule has 2 aromatic rings. The fourth-order valence-electron chi connectivity index (χ4n) is 2.37. The molecule has 3 rings (SSSR count).